The minimum absolute atomic E-state index is 0.239. The van der Waals surface area contributed by atoms with Gasteiger partial charge in [0.2, 0.25) is 0 Å². The fourth-order valence-corrected chi connectivity index (χ4v) is 3.41. The Kier molecular flexibility index (Phi) is 4.18. The zero-order chi connectivity index (χ0) is 19.1. The van der Waals surface area contributed by atoms with Gasteiger partial charge in [-0.05, 0) is 49.4 Å². The van der Waals surface area contributed by atoms with Crippen LogP contribution < -0.4 is 5.32 Å². The molecule has 2 aromatic heterocycles. The number of alkyl halides is 1. The van der Waals surface area contributed by atoms with Gasteiger partial charge >= 0.3 is 0 Å². The smallest absolute Gasteiger partial charge is 0.255 e. The Balaban J connectivity index is 2.00. The van der Waals surface area contributed by atoms with E-state index < -0.39 is 6.17 Å². The van der Waals surface area contributed by atoms with Crippen LogP contribution in [0.2, 0.25) is 0 Å². The van der Waals surface area contributed by atoms with E-state index in [2.05, 4.69) is 5.32 Å². The number of carbonyl (C=O) groups is 1. The third-order valence-electron chi connectivity index (χ3n) is 4.61. The number of nitrogens with one attached hydrogen (secondary N) is 1. The number of amides is 1. The van der Waals surface area contributed by atoms with Gasteiger partial charge in [-0.3, -0.25) is 4.79 Å². The molecule has 1 N–H and O–H groups in total. The molecule has 0 aliphatic rings. The number of halogens is 2. The monoisotopic (exact) mass is 368 g/mol. The molecule has 27 heavy (non-hydrogen) atoms. The summed E-state index contributed by atoms with van der Waals surface area (Å²) in [6.07, 6.45) is 0.823. The van der Waals surface area contributed by atoms with E-state index >= 15 is 0 Å². The van der Waals surface area contributed by atoms with Crippen molar-refractivity contribution in [2.45, 2.75) is 19.6 Å². The Morgan fingerprint density at radius 2 is 1.89 bits per heavy atom. The number of rotatable bonds is 4. The largest absolute Gasteiger partial charge is 0.454 e. The van der Waals surface area contributed by atoms with E-state index in [1.54, 1.807) is 31.4 Å². The second-order valence-corrected chi connectivity index (χ2v) is 6.52. The van der Waals surface area contributed by atoms with Gasteiger partial charge < -0.3 is 14.3 Å². The first-order chi connectivity index (χ1) is 13.0. The number of aromatic nitrogens is 1. The van der Waals surface area contributed by atoms with Crippen molar-refractivity contribution in [1.82, 2.24) is 9.88 Å². The summed E-state index contributed by atoms with van der Waals surface area (Å²) in [6, 6.07) is 11.3. The SMILES string of the molecule is CNC(=O)c1c(-c2ccc(F)cc2)oc2c1ccc1c2ccn1CC(C)F. The lowest BCUT2D eigenvalue weighted by atomic mass is 10.0. The van der Waals surface area contributed by atoms with Crippen LogP contribution in [0.15, 0.2) is 53.1 Å². The van der Waals surface area contributed by atoms with Crippen LogP contribution in [0.4, 0.5) is 8.78 Å². The second kappa shape index (κ2) is 6.54. The fraction of sp³-hybridized carbons (Fsp3) is 0.190. The van der Waals surface area contributed by atoms with Crippen molar-refractivity contribution in [2.75, 3.05) is 7.05 Å². The molecule has 4 aromatic rings. The zero-order valence-electron chi connectivity index (χ0n) is 14.9. The fourth-order valence-electron chi connectivity index (χ4n) is 3.41. The van der Waals surface area contributed by atoms with E-state index in [0.29, 0.717) is 27.9 Å². The number of nitrogens with zero attached hydrogens (tertiary/aromatic N) is 1. The van der Waals surface area contributed by atoms with Crippen LogP contribution >= 0.6 is 0 Å². The maximum atomic E-state index is 13.5. The molecule has 1 unspecified atom stereocenters. The van der Waals surface area contributed by atoms with Crippen LogP contribution in [0, 0.1) is 5.82 Å². The summed E-state index contributed by atoms with van der Waals surface area (Å²) in [5.74, 6) is -0.274. The average molecular weight is 368 g/mol. The van der Waals surface area contributed by atoms with Crippen molar-refractivity contribution in [3.05, 3.63) is 60.0 Å². The van der Waals surface area contributed by atoms with E-state index in [1.165, 1.54) is 19.1 Å². The van der Waals surface area contributed by atoms with Gasteiger partial charge in [-0.1, -0.05) is 0 Å². The Morgan fingerprint density at radius 1 is 1.15 bits per heavy atom. The molecule has 0 aliphatic heterocycles. The highest BCUT2D eigenvalue weighted by molar-refractivity contribution is 6.16. The van der Waals surface area contributed by atoms with Crippen molar-refractivity contribution >= 4 is 27.8 Å². The quantitative estimate of drug-likeness (QED) is 0.556. The summed E-state index contributed by atoms with van der Waals surface area (Å²) >= 11 is 0. The summed E-state index contributed by atoms with van der Waals surface area (Å²) in [6.45, 7) is 1.75. The first-order valence-corrected chi connectivity index (χ1v) is 8.66. The zero-order valence-corrected chi connectivity index (χ0v) is 14.9. The van der Waals surface area contributed by atoms with E-state index in [1.807, 2.05) is 16.7 Å². The highest BCUT2D eigenvalue weighted by atomic mass is 19.1. The van der Waals surface area contributed by atoms with Gasteiger partial charge in [0.05, 0.1) is 17.6 Å². The molecule has 0 spiro atoms. The molecule has 1 amide bonds. The van der Waals surface area contributed by atoms with Crippen LogP contribution in [-0.2, 0) is 6.54 Å². The molecule has 0 aliphatic carbocycles. The van der Waals surface area contributed by atoms with Gasteiger partial charge in [-0.25, -0.2) is 8.78 Å². The number of hydrogen-bond donors (Lipinski definition) is 1. The van der Waals surface area contributed by atoms with Crippen LogP contribution in [-0.4, -0.2) is 23.7 Å². The Labute approximate surface area is 154 Å². The van der Waals surface area contributed by atoms with E-state index in [0.717, 1.165) is 10.9 Å². The highest BCUT2D eigenvalue weighted by Crippen LogP contribution is 2.37. The topological polar surface area (TPSA) is 47.2 Å². The maximum absolute atomic E-state index is 13.5. The standard InChI is InChI=1S/C21H18F2N2O2/c1-12(22)11-25-10-9-15-17(25)8-7-16-18(21(26)24-2)19(27-20(15)16)13-3-5-14(23)6-4-13/h3-10,12H,11H2,1-2H3,(H,24,26). The molecule has 2 aromatic carbocycles. The molecule has 0 saturated carbocycles. The number of furan rings is 1. The molecule has 0 fully saturated rings. The third kappa shape index (κ3) is 2.87. The molecule has 0 saturated heterocycles. The third-order valence-corrected chi connectivity index (χ3v) is 4.61. The summed E-state index contributed by atoms with van der Waals surface area (Å²) in [4.78, 5) is 12.5. The predicted molar refractivity (Wildman–Crippen MR) is 101 cm³/mol. The molecular weight excluding hydrogens is 350 g/mol. The first-order valence-electron chi connectivity index (χ1n) is 8.66. The summed E-state index contributed by atoms with van der Waals surface area (Å²) in [5, 5.41) is 4.09. The minimum Gasteiger partial charge on any atom is -0.454 e. The van der Waals surface area contributed by atoms with Gasteiger partial charge in [0.15, 0.2) is 0 Å². The Hall–Kier alpha value is -3.15. The molecule has 2 heterocycles. The Morgan fingerprint density at radius 3 is 2.56 bits per heavy atom. The minimum atomic E-state index is -0.982. The molecule has 4 nitrogen and oxygen atoms in total. The number of hydrogen-bond acceptors (Lipinski definition) is 2. The second-order valence-electron chi connectivity index (χ2n) is 6.52. The Bertz CT molecular complexity index is 1140. The molecule has 0 bridgehead atoms. The summed E-state index contributed by atoms with van der Waals surface area (Å²) in [5.41, 5.74) is 2.38. The molecule has 6 heteroatoms. The highest BCUT2D eigenvalue weighted by Gasteiger charge is 2.23. The van der Waals surface area contributed by atoms with Gasteiger partial charge in [-0.15, -0.1) is 0 Å². The van der Waals surface area contributed by atoms with Crippen LogP contribution in [0.3, 0.4) is 0 Å². The van der Waals surface area contributed by atoms with Crippen molar-refractivity contribution in [3.63, 3.8) is 0 Å². The summed E-state index contributed by atoms with van der Waals surface area (Å²) < 4.78 is 34.7. The predicted octanol–water partition coefficient (Wildman–Crippen LogP) is 4.91. The average Bonchev–Trinajstić information content (AvgIpc) is 3.22. The van der Waals surface area contributed by atoms with Crippen LogP contribution in [0.1, 0.15) is 17.3 Å². The molecule has 1 atom stereocenters. The summed E-state index contributed by atoms with van der Waals surface area (Å²) in [7, 11) is 1.55. The van der Waals surface area contributed by atoms with Crippen molar-refractivity contribution in [1.29, 1.82) is 0 Å². The lowest BCUT2D eigenvalue weighted by Crippen LogP contribution is -2.18. The van der Waals surface area contributed by atoms with Crippen LogP contribution in [0.25, 0.3) is 33.2 Å². The number of fused-ring (bicyclic) bond motifs is 3. The van der Waals surface area contributed by atoms with E-state index in [-0.39, 0.29) is 18.3 Å². The van der Waals surface area contributed by atoms with E-state index in [9.17, 15) is 13.6 Å². The van der Waals surface area contributed by atoms with E-state index in [4.69, 9.17) is 4.42 Å². The first kappa shape index (κ1) is 17.3. The van der Waals surface area contributed by atoms with Crippen LogP contribution in [0.5, 0.6) is 0 Å². The number of benzene rings is 2. The maximum Gasteiger partial charge on any atom is 0.255 e. The van der Waals surface area contributed by atoms with Crippen molar-refractivity contribution < 1.29 is 18.0 Å². The van der Waals surface area contributed by atoms with Gasteiger partial charge in [-0.2, -0.15) is 0 Å². The normalized spacial score (nSPS) is 12.6. The lowest BCUT2D eigenvalue weighted by molar-refractivity contribution is 0.0964. The molecule has 4 rings (SSSR count). The van der Waals surface area contributed by atoms with Crippen molar-refractivity contribution in [2.24, 2.45) is 0 Å². The molecular formula is C21H18F2N2O2. The number of carbonyl (C=O) groups excluding carboxylic acids is 1. The lowest BCUT2D eigenvalue weighted by Gasteiger charge is -2.06. The molecule has 138 valence electrons. The van der Waals surface area contributed by atoms with Gasteiger partial charge in [0.1, 0.15) is 23.3 Å². The molecule has 0 radical (unpaired) electrons. The van der Waals surface area contributed by atoms with Crippen molar-refractivity contribution in [3.8, 4) is 11.3 Å². The van der Waals surface area contributed by atoms with Gasteiger partial charge in [0.25, 0.3) is 5.91 Å². The van der Waals surface area contributed by atoms with Gasteiger partial charge in [0, 0.05) is 29.6 Å².